The van der Waals surface area contributed by atoms with Gasteiger partial charge in [-0.05, 0) is 30.2 Å². The van der Waals surface area contributed by atoms with Gasteiger partial charge in [0.05, 0.1) is 0 Å². The summed E-state index contributed by atoms with van der Waals surface area (Å²) in [4.78, 5) is 20.6. The Labute approximate surface area is 117 Å². The number of rotatable bonds is 4. The van der Waals surface area contributed by atoms with Crippen molar-refractivity contribution >= 4 is 17.5 Å². The summed E-state index contributed by atoms with van der Waals surface area (Å²) in [5.41, 5.74) is 3.76. The number of hydrogen-bond donors (Lipinski definition) is 3. The molecule has 2 rings (SSSR count). The zero-order chi connectivity index (χ0) is 14.5. The fourth-order valence-corrected chi connectivity index (χ4v) is 1.68. The highest BCUT2D eigenvalue weighted by Gasteiger charge is 2.12. The fraction of sp³-hybridized carbons (Fsp3) is 0.214. The Morgan fingerprint density at radius 2 is 2.05 bits per heavy atom. The first-order valence-corrected chi connectivity index (χ1v) is 6.31. The molecule has 0 saturated heterocycles. The molecule has 0 spiro atoms. The van der Waals surface area contributed by atoms with Crippen LogP contribution in [0.25, 0.3) is 0 Å². The first-order valence-electron chi connectivity index (χ1n) is 6.31. The highest BCUT2D eigenvalue weighted by atomic mass is 16.1. The minimum absolute atomic E-state index is 0.199. The molecule has 0 unspecified atom stereocenters. The maximum atomic E-state index is 12.2. The lowest BCUT2D eigenvalue weighted by Gasteiger charge is -2.10. The molecule has 0 bridgehead atoms. The molecule has 0 fully saturated rings. The summed E-state index contributed by atoms with van der Waals surface area (Å²) in [5, 5.41) is 2.73. The van der Waals surface area contributed by atoms with Crippen LogP contribution in [0.5, 0.6) is 0 Å². The second-order valence-electron chi connectivity index (χ2n) is 4.63. The maximum absolute atomic E-state index is 12.2. The van der Waals surface area contributed by atoms with Crippen molar-refractivity contribution in [3.05, 3.63) is 47.8 Å². The van der Waals surface area contributed by atoms with E-state index in [1.54, 1.807) is 30.5 Å². The average molecular weight is 271 g/mol. The third-order valence-corrected chi connectivity index (χ3v) is 2.75. The maximum Gasteiger partial charge on any atom is 0.257 e. The Morgan fingerprint density at radius 3 is 2.65 bits per heavy atom. The first kappa shape index (κ1) is 14.0. The highest BCUT2D eigenvalue weighted by Crippen LogP contribution is 2.18. The zero-order valence-electron chi connectivity index (χ0n) is 11.4. The fourth-order valence-electron chi connectivity index (χ4n) is 1.68. The molecular formula is C14H17N5O. The Hall–Kier alpha value is -2.47. The highest BCUT2D eigenvalue weighted by molar-refractivity contribution is 6.04. The molecule has 104 valence electrons. The molecule has 6 heteroatoms. The van der Waals surface area contributed by atoms with E-state index >= 15 is 0 Å². The summed E-state index contributed by atoms with van der Waals surface area (Å²) in [7, 11) is 0. The van der Waals surface area contributed by atoms with Crippen LogP contribution < -0.4 is 16.6 Å². The lowest BCUT2D eigenvalue weighted by atomic mass is 10.1. The van der Waals surface area contributed by atoms with Gasteiger partial charge in [0, 0.05) is 17.5 Å². The van der Waals surface area contributed by atoms with E-state index in [1.807, 2.05) is 19.9 Å². The van der Waals surface area contributed by atoms with Crippen molar-refractivity contribution in [3.8, 4) is 0 Å². The Kier molecular flexibility index (Phi) is 4.27. The molecule has 2 heterocycles. The summed E-state index contributed by atoms with van der Waals surface area (Å²) in [6, 6.07) is 8.68. The predicted molar refractivity (Wildman–Crippen MR) is 78.3 cm³/mol. The van der Waals surface area contributed by atoms with E-state index < -0.39 is 0 Å². The van der Waals surface area contributed by atoms with Crippen LogP contribution in [0, 0.1) is 0 Å². The van der Waals surface area contributed by atoms with E-state index in [0.29, 0.717) is 17.2 Å². The smallest absolute Gasteiger partial charge is 0.257 e. The molecular weight excluding hydrogens is 254 g/mol. The van der Waals surface area contributed by atoms with Crippen LogP contribution in [0.2, 0.25) is 0 Å². The van der Waals surface area contributed by atoms with E-state index in [2.05, 4.69) is 20.7 Å². The van der Waals surface area contributed by atoms with Gasteiger partial charge in [-0.3, -0.25) is 4.79 Å². The average Bonchev–Trinajstić information content (AvgIpc) is 2.47. The van der Waals surface area contributed by atoms with Gasteiger partial charge >= 0.3 is 0 Å². The number of pyridine rings is 2. The molecule has 1 amide bonds. The third-order valence-electron chi connectivity index (χ3n) is 2.75. The number of nitrogens with two attached hydrogens (primary N) is 1. The number of nitrogens with zero attached hydrogens (tertiary/aromatic N) is 2. The Morgan fingerprint density at radius 1 is 1.25 bits per heavy atom. The Balaban J connectivity index is 2.27. The minimum Gasteiger partial charge on any atom is -0.308 e. The van der Waals surface area contributed by atoms with Gasteiger partial charge in [-0.15, -0.1) is 0 Å². The molecule has 4 N–H and O–H groups in total. The quantitative estimate of drug-likeness (QED) is 0.585. The zero-order valence-corrected chi connectivity index (χ0v) is 11.4. The molecule has 0 atom stereocenters. The van der Waals surface area contributed by atoms with Crippen molar-refractivity contribution in [1.29, 1.82) is 0 Å². The van der Waals surface area contributed by atoms with Crippen LogP contribution in [-0.4, -0.2) is 15.9 Å². The van der Waals surface area contributed by atoms with Gasteiger partial charge in [0.25, 0.3) is 5.91 Å². The van der Waals surface area contributed by atoms with Crippen molar-refractivity contribution in [1.82, 2.24) is 9.97 Å². The van der Waals surface area contributed by atoms with Crippen molar-refractivity contribution in [2.45, 2.75) is 19.8 Å². The summed E-state index contributed by atoms with van der Waals surface area (Å²) in [5.74, 6) is 6.30. The van der Waals surface area contributed by atoms with E-state index in [0.717, 1.165) is 5.69 Å². The van der Waals surface area contributed by atoms with Gasteiger partial charge in [-0.2, -0.15) is 0 Å². The SMILES string of the molecule is CC(C)c1cc(C(=O)Nc2ccccn2)cc(NN)n1. The molecule has 20 heavy (non-hydrogen) atoms. The molecule has 0 saturated carbocycles. The second-order valence-corrected chi connectivity index (χ2v) is 4.63. The van der Waals surface area contributed by atoms with Crippen LogP contribution in [-0.2, 0) is 0 Å². The number of amides is 1. The van der Waals surface area contributed by atoms with Crippen LogP contribution >= 0.6 is 0 Å². The van der Waals surface area contributed by atoms with Crippen molar-refractivity contribution in [3.63, 3.8) is 0 Å². The molecule has 0 aliphatic carbocycles. The lowest BCUT2D eigenvalue weighted by Crippen LogP contribution is -2.16. The summed E-state index contributed by atoms with van der Waals surface area (Å²) in [6.45, 7) is 4.01. The number of aromatic nitrogens is 2. The van der Waals surface area contributed by atoms with E-state index in [1.165, 1.54) is 0 Å². The predicted octanol–water partition coefficient (Wildman–Crippen LogP) is 2.14. The molecule has 0 aliphatic rings. The summed E-state index contributed by atoms with van der Waals surface area (Å²) >= 11 is 0. The summed E-state index contributed by atoms with van der Waals surface area (Å²) < 4.78 is 0. The topological polar surface area (TPSA) is 92.9 Å². The Bertz CT molecular complexity index is 598. The van der Waals surface area contributed by atoms with Gasteiger partial charge in [-0.1, -0.05) is 19.9 Å². The monoisotopic (exact) mass is 271 g/mol. The molecule has 2 aromatic rings. The van der Waals surface area contributed by atoms with E-state index in [9.17, 15) is 4.79 Å². The minimum atomic E-state index is -0.246. The van der Waals surface area contributed by atoms with Crippen LogP contribution in [0.4, 0.5) is 11.6 Å². The van der Waals surface area contributed by atoms with Gasteiger partial charge in [0.2, 0.25) is 0 Å². The summed E-state index contributed by atoms with van der Waals surface area (Å²) in [6.07, 6.45) is 1.62. The number of carbonyl (C=O) groups excluding carboxylic acids is 1. The standard InChI is InChI=1S/C14H17N5O/c1-9(2)11-7-10(8-13(17-11)19-15)14(20)18-12-5-3-4-6-16-12/h3-9H,15H2,1-2H3,(H,17,19)(H,16,18,20). The molecule has 2 aromatic heterocycles. The molecule has 0 aromatic carbocycles. The number of hydrazine groups is 1. The van der Waals surface area contributed by atoms with E-state index in [-0.39, 0.29) is 11.8 Å². The first-order chi connectivity index (χ1) is 9.60. The van der Waals surface area contributed by atoms with Crippen LogP contribution in [0.1, 0.15) is 35.8 Å². The van der Waals surface area contributed by atoms with Crippen molar-refractivity contribution in [2.75, 3.05) is 10.7 Å². The largest absolute Gasteiger partial charge is 0.308 e. The van der Waals surface area contributed by atoms with Crippen LogP contribution in [0.3, 0.4) is 0 Å². The van der Waals surface area contributed by atoms with Crippen LogP contribution in [0.15, 0.2) is 36.5 Å². The van der Waals surface area contributed by atoms with Gasteiger partial charge in [0.15, 0.2) is 0 Å². The number of nitrogens with one attached hydrogen (secondary N) is 2. The van der Waals surface area contributed by atoms with Gasteiger partial charge < -0.3 is 10.7 Å². The molecule has 0 aliphatic heterocycles. The number of nitrogen functional groups attached to an aromatic ring is 1. The normalized spacial score (nSPS) is 10.4. The third kappa shape index (κ3) is 3.30. The number of carbonyl (C=O) groups is 1. The van der Waals surface area contributed by atoms with Crippen molar-refractivity contribution in [2.24, 2.45) is 5.84 Å². The number of anilines is 2. The van der Waals surface area contributed by atoms with Gasteiger partial charge in [-0.25, -0.2) is 15.8 Å². The van der Waals surface area contributed by atoms with Crippen molar-refractivity contribution < 1.29 is 4.79 Å². The second kappa shape index (κ2) is 6.12. The molecule has 6 nitrogen and oxygen atoms in total. The molecule has 0 radical (unpaired) electrons. The number of hydrogen-bond acceptors (Lipinski definition) is 5. The van der Waals surface area contributed by atoms with E-state index in [4.69, 9.17) is 5.84 Å². The van der Waals surface area contributed by atoms with Gasteiger partial charge in [0.1, 0.15) is 11.6 Å². The lowest BCUT2D eigenvalue weighted by molar-refractivity contribution is 0.102.